The van der Waals surface area contributed by atoms with Crippen LogP contribution < -0.4 is 5.73 Å². The highest BCUT2D eigenvalue weighted by Gasteiger charge is 2.18. The molecule has 0 spiro atoms. The third kappa shape index (κ3) is 3.15. The molecule has 1 atom stereocenters. The molecule has 3 rings (SSSR count). The number of carbonyl (C=O) groups excluding carboxylic acids is 1. The summed E-state index contributed by atoms with van der Waals surface area (Å²) in [7, 11) is 1.81. The molecule has 1 unspecified atom stereocenters. The van der Waals surface area contributed by atoms with Gasteiger partial charge in [-0.25, -0.2) is 4.98 Å². The standard InChI is InChI=1S/C19H20N4O/c1-13(16-12-21-17-6-4-3-5-15(16)17)23(2)19(24)10-8-14-7-9-18(20)22-11-14/h3-13,21H,1-2H3,(H2,20,22). The highest BCUT2D eigenvalue weighted by molar-refractivity contribution is 5.92. The van der Waals surface area contributed by atoms with Crippen LogP contribution in [0.3, 0.4) is 0 Å². The molecule has 5 heteroatoms. The van der Waals surface area contributed by atoms with Crippen LogP contribution >= 0.6 is 0 Å². The predicted octanol–water partition coefficient (Wildman–Crippen LogP) is 3.38. The molecule has 0 radical (unpaired) electrons. The number of anilines is 1. The van der Waals surface area contributed by atoms with E-state index in [4.69, 9.17) is 5.73 Å². The topological polar surface area (TPSA) is 75.0 Å². The van der Waals surface area contributed by atoms with Crippen LogP contribution in [0.5, 0.6) is 0 Å². The maximum Gasteiger partial charge on any atom is 0.246 e. The van der Waals surface area contributed by atoms with Gasteiger partial charge in [-0.3, -0.25) is 4.79 Å². The first-order valence-corrected chi connectivity index (χ1v) is 7.78. The maximum absolute atomic E-state index is 12.4. The number of rotatable bonds is 4. The second kappa shape index (κ2) is 6.58. The molecule has 5 nitrogen and oxygen atoms in total. The van der Waals surface area contributed by atoms with E-state index in [0.29, 0.717) is 5.82 Å². The van der Waals surface area contributed by atoms with Crippen LogP contribution in [0.2, 0.25) is 0 Å². The van der Waals surface area contributed by atoms with Crippen LogP contribution in [-0.4, -0.2) is 27.8 Å². The summed E-state index contributed by atoms with van der Waals surface area (Å²) >= 11 is 0. The van der Waals surface area contributed by atoms with Gasteiger partial charge in [0.05, 0.1) is 6.04 Å². The van der Waals surface area contributed by atoms with Gasteiger partial charge in [-0.15, -0.1) is 0 Å². The molecule has 3 N–H and O–H groups in total. The Balaban J connectivity index is 1.76. The van der Waals surface area contributed by atoms with Gasteiger partial charge < -0.3 is 15.6 Å². The van der Waals surface area contributed by atoms with E-state index in [1.165, 1.54) is 0 Å². The molecule has 3 aromatic rings. The van der Waals surface area contributed by atoms with Crippen LogP contribution in [0.1, 0.15) is 24.1 Å². The first kappa shape index (κ1) is 15.8. The number of likely N-dealkylation sites (N-methyl/N-ethyl adjacent to an activating group) is 1. The van der Waals surface area contributed by atoms with Crippen molar-refractivity contribution in [1.82, 2.24) is 14.9 Å². The van der Waals surface area contributed by atoms with Crippen LogP contribution in [-0.2, 0) is 4.79 Å². The van der Waals surface area contributed by atoms with Crippen molar-refractivity contribution in [3.05, 3.63) is 66.0 Å². The Morgan fingerprint density at radius 1 is 1.29 bits per heavy atom. The lowest BCUT2D eigenvalue weighted by Crippen LogP contribution is -2.27. The third-order valence-corrected chi connectivity index (χ3v) is 4.23. The molecule has 2 heterocycles. The minimum Gasteiger partial charge on any atom is -0.384 e. The second-order valence-corrected chi connectivity index (χ2v) is 5.76. The van der Waals surface area contributed by atoms with Gasteiger partial charge in [-0.2, -0.15) is 0 Å². The number of hydrogen-bond donors (Lipinski definition) is 2. The van der Waals surface area contributed by atoms with Gasteiger partial charge in [0.1, 0.15) is 5.82 Å². The molecule has 24 heavy (non-hydrogen) atoms. The number of carbonyl (C=O) groups is 1. The lowest BCUT2D eigenvalue weighted by atomic mass is 10.1. The van der Waals surface area contributed by atoms with Crippen LogP contribution in [0.15, 0.2) is 54.9 Å². The lowest BCUT2D eigenvalue weighted by molar-refractivity contribution is -0.126. The van der Waals surface area contributed by atoms with Crippen molar-refractivity contribution in [2.45, 2.75) is 13.0 Å². The van der Waals surface area contributed by atoms with Gasteiger partial charge in [-0.05, 0) is 42.3 Å². The molecule has 0 saturated heterocycles. The number of nitrogens with zero attached hydrogens (tertiary/aromatic N) is 2. The summed E-state index contributed by atoms with van der Waals surface area (Å²) in [6, 6.07) is 11.6. The van der Waals surface area contributed by atoms with E-state index in [9.17, 15) is 4.79 Å². The van der Waals surface area contributed by atoms with Crippen molar-refractivity contribution in [2.75, 3.05) is 12.8 Å². The Labute approximate surface area is 140 Å². The highest BCUT2D eigenvalue weighted by Crippen LogP contribution is 2.27. The van der Waals surface area contributed by atoms with E-state index >= 15 is 0 Å². The van der Waals surface area contributed by atoms with Gasteiger partial charge >= 0.3 is 0 Å². The third-order valence-electron chi connectivity index (χ3n) is 4.23. The normalized spacial score (nSPS) is 12.6. The summed E-state index contributed by atoms with van der Waals surface area (Å²) in [4.78, 5) is 21.4. The fourth-order valence-electron chi connectivity index (χ4n) is 2.64. The van der Waals surface area contributed by atoms with Crippen LogP contribution in [0.25, 0.3) is 17.0 Å². The van der Waals surface area contributed by atoms with Crippen molar-refractivity contribution in [2.24, 2.45) is 0 Å². The zero-order valence-corrected chi connectivity index (χ0v) is 13.7. The molecule has 0 aliphatic carbocycles. The Bertz CT molecular complexity index is 880. The minimum absolute atomic E-state index is 0.0390. The first-order chi connectivity index (χ1) is 11.6. The van der Waals surface area contributed by atoms with Crippen LogP contribution in [0.4, 0.5) is 5.82 Å². The Morgan fingerprint density at radius 3 is 2.83 bits per heavy atom. The summed E-state index contributed by atoms with van der Waals surface area (Å²) < 4.78 is 0. The van der Waals surface area contributed by atoms with Crippen molar-refractivity contribution in [1.29, 1.82) is 0 Å². The molecule has 1 amide bonds. The largest absolute Gasteiger partial charge is 0.384 e. The van der Waals surface area contributed by atoms with Gasteiger partial charge in [0, 0.05) is 36.4 Å². The number of para-hydroxylation sites is 1. The number of aromatic amines is 1. The number of nitrogen functional groups attached to an aromatic ring is 1. The number of nitrogens with two attached hydrogens (primary N) is 1. The van der Waals surface area contributed by atoms with E-state index in [0.717, 1.165) is 22.0 Å². The fraction of sp³-hybridized carbons (Fsp3) is 0.158. The highest BCUT2D eigenvalue weighted by atomic mass is 16.2. The number of aromatic nitrogens is 2. The van der Waals surface area contributed by atoms with E-state index < -0.39 is 0 Å². The molecule has 0 fully saturated rings. The molecule has 122 valence electrons. The number of pyridine rings is 1. The Morgan fingerprint density at radius 2 is 2.08 bits per heavy atom. The van der Waals surface area contributed by atoms with Gasteiger partial charge in [-0.1, -0.05) is 18.2 Å². The monoisotopic (exact) mass is 320 g/mol. The summed E-state index contributed by atoms with van der Waals surface area (Å²) in [5, 5.41) is 1.14. The van der Waals surface area contributed by atoms with E-state index in [2.05, 4.69) is 16.0 Å². The van der Waals surface area contributed by atoms with Crippen molar-refractivity contribution >= 4 is 28.7 Å². The fourth-order valence-corrected chi connectivity index (χ4v) is 2.64. The van der Waals surface area contributed by atoms with Gasteiger partial charge in [0.2, 0.25) is 5.91 Å². The number of nitrogens with one attached hydrogen (secondary N) is 1. The number of amides is 1. The summed E-state index contributed by atoms with van der Waals surface area (Å²) in [6.07, 6.45) is 6.90. The second-order valence-electron chi connectivity index (χ2n) is 5.76. The quantitative estimate of drug-likeness (QED) is 0.724. The number of benzene rings is 1. The lowest BCUT2D eigenvalue weighted by Gasteiger charge is -2.23. The van der Waals surface area contributed by atoms with Crippen LogP contribution in [0, 0.1) is 0 Å². The Kier molecular flexibility index (Phi) is 4.33. The molecule has 2 aromatic heterocycles. The molecule has 0 aliphatic rings. The zero-order chi connectivity index (χ0) is 17.1. The average Bonchev–Trinajstić information content (AvgIpc) is 3.03. The SMILES string of the molecule is CC(c1c[nH]c2ccccc12)N(C)C(=O)C=Cc1ccc(N)nc1. The average molecular weight is 320 g/mol. The molecular formula is C19H20N4O. The molecule has 0 saturated carbocycles. The van der Waals surface area contributed by atoms with Gasteiger partial charge in [0.15, 0.2) is 0 Å². The number of fused-ring (bicyclic) bond motifs is 1. The maximum atomic E-state index is 12.4. The first-order valence-electron chi connectivity index (χ1n) is 7.78. The van der Waals surface area contributed by atoms with Crippen molar-refractivity contribution in [3.8, 4) is 0 Å². The van der Waals surface area contributed by atoms with E-state index in [1.807, 2.05) is 37.4 Å². The molecule has 1 aromatic carbocycles. The smallest absolute Gasteiger partial charge is 0.246 e. The number of hydrogen-bond acceptors (Lipinski definition) is 3. The zero-order valence-electron chi connectivity index (χ0n) is 13.7. The molecular weight excluding hydrogens is 300 g/mol. The predicted molar refractivity (Wildman–Crippen MR) is 97.2 cm³/mol. The van der Waals surface area contributed by atoms with Crippen molar-refractivity contribution in [3.63, 3.8) is 0 Å². The van der Waals surface area contributed by atoms with Crippen molar-refractivity contribution < 1.29 is 4.79 Å². The minimum atomic E-state index is -0.0652. The Hall–Kier alpha value is -3.08. The molecule has 0 bridgehead atoms. The summed E-state index contributed by atoms with van der Waals surface area (Å²) in [5.41, 5.74) is 8.57. The van der Waals surface area contributed by atoms with E-state index in [1.54, 1.807) is 36.4 Å². The number of H-pyrrole nitrogens is 1. The summed E-state index contributed by atoms with van der Waals surface area (Å²) in [5.74, 6) is 0.396. The van der Waals surface area contributed by atoms with E-state index in [-0.39, 0.29) is 11.9 Å². The summed E-state index contributed by atoms with van der Waals surface area (Å²) in [6.45, 7) is 2.02. The molecule has 0 aliphatic heterocycles. The van der Waals surface area contributed by atoms with Gasteiger partial charge in [0.25, 0.3) is 0 Å².